The first-order chi connectivity index (χ1) is 14.5. The van der Waals surface area contributed by atoms with Gasteiger partial charge in [0.25, 0.3) is 0 Å². The summed E-state index contributed by atoms with van der Waals surface area (Å²) in [6.45, 7) is 0.0108. The Labute approximate surface area is 173 Å². The third-order valence-corrected chi connectivity index (χ3v) is 4.37. The number of nitrogens with zero attached hydrogens (tertiary/aromatic N) is 3. The first-order valence-corrected chi connectivity index (χ1v) is 8.85. The normalized spacial score (nSPS) is 13.7. The van der Waals surface area contributed by atoms with Crippen LogP contribution in [0.5, 0.6) is 11.8 Å². The summed E-state index contributed by atoms with van der Waals surface area (Å²) in [5.41, 5.74) is 1.46. The maximum absolute atomic E-state index is 12.4. The molecule has 0 N–H and O–H groups in total. The number of methoxy groups -OCH3 is 4. The molecule has 30 heavy (non-hydrogen) atoms. The zero-order chi connectivity index (χ0) is 21.7. The van der Waals surface area contributed by atoms with Gasteiger partial charge in [0.2, 0.25) is 11.8 Å². The molecule has 0 bridgehead atoms. The third kappa shape index (κ3) is 4.18. The van der Waals surface area contributed by atoms with Crippen molar-refractivity contribution in [2.75, 3.05) is 46.7 Å². The molecule has 1 aromatic carbocycles. The van der Waals surface area contributed by atoms with E-state index in [0.29, 0.717) is 28.8 Å². The van der Waals surface area contributed by atoms with Crippen molar-refractivity contribution in [1.29, 1.82) is 0 Å². The molecule has 0 spiro atoms. The van der Waals surface area contributed by atoms with Crippen LogP contribution in [0.3, 0.4) is 0 Å². The van der Waals surface area contributed by atoms with Gasteiger partial charge < -0.3 is 28.6 Å². The van der Waals surface area contributed by atoms with Gasteiger partial charge in [-0.3, -0.25) is 0 Å². The number of benzene rings is 1. The van der Waals surface area contributed by atoms with E-state index in [-0.39, 0.29) is 24.6 Å². The number of carbonyl (C=O) groups is 2. The number of carbonyl (C=O) groups excluding carboxylic acids is 2. The van der Waals surface area contributed by atoms with Crippen molar-refractivity contribution in [3.63, 3.8) is 0 Å². The summed E-state index contributed by atoms with van der Waals surface area (Å²) in [5, 5.41) is 0. The van der Waals surface area contributed by atoms with Crippen molar-refractivity contribution in [1.82, 2.24) is 9.97 Å². The minimum atomic E-state index is -0.663. The van der Waals surface area contributed by atoms with Crippen LogP contribution in [0.2, 0.25) is 0 Å². The standard InChI is InChI=1S/C20H21N3O7/c1-26-15-9-16(27-2)22-18(21-15)12-5-7-13(8-6-12)23-11-30-10-14(19(24)28-3)17(23)20(25)29-4/h5-9H,10-11H2,1-4H3. The molecule has 2 aromatic rings. The molecule has 1 aliphatic heterocycles. The van der Waals surface area contributed by atoms with Crippen LogP contribution >= 0.6 is 0 Å². The van der Waals surface area contributed by atoms with Crippen LogP contribution in [-0.2, 0) is 23.8 Å². The highest BCUT2D eigenvalue weighted by atomic mass is 16.5. The summed E-state index contributed by atoms with van der Waals surface area (Å²) in [6.07, 6.45) is 0. The lowest BCUT2D eigenvalue weighted by molar-refractivity contribution is -0.140. The van der Waals surface area contributed by atoms with Crippen LogP contribution in [0.4, 0.5) is 5.69 Å². The van der Waals surface area contributed by atoms with Crippen LogP contribution in [0.1, 0.15) is 0 Å². The monoisotopic (exact) mass is 415 g/mol. The Balaban J connectivity index is 1.99. The second-order valence-corrected chi connectivity index (χ2v) is 6.04. The fourth-order valence-corrected chi connectivity index (χ4v) is 2.88. The van der Waals surface area contributed by atoms with E-state index in [1.807, 2.05) is 0 Å². The van der Waals surface area contributed by atoms with E-state index in [1.165, 1.54) is 28.4 Å². The zero-order valence-electron chi connectivity index (χ0n) is 17.0. The van der Waals surface area contributed by atoms with E-state index in [0.717, 1.165) is 0 Å². The third-order valence-electron chi connectivity index (χ3n) is 4.37. The molecule has 1 aromatic heterocycles. The first kappa shape index (κ1) is 21.1. The Hall–Kier alpha value is -3.66. The summed E-state index contributed by atoms with van der Waals surface area (Å²) in [6, 6.07) is 8.61. The molecule has 0 unspecified atom stereocenters. The highest BCUT2D eigenvalue weighted by molar-refractivity contribution is 6.03. The van der Waals surface area contributed by atoms with E-state index >= 15 is 0 Å². The molecule has 0 fully saturated rings. The van der Waals surface area contributed by atoms with Crippen molar-refractivity contribution in [2.24, 2.45) is 0 Å². The summed E-state index contributed by atoms with van der Waals surface area (Å²) in [4.78, 5) is 34.7. The fourth-order valence-electron chi connectivity index (χ4n) is 2.88. The highest BCUT2D eigenvalue weighted by Gasteiger charge is 2.32. The van der Waals surface area contributed by atoms with Crippen molar-refractivity contribution in [3.8, 4) is 23.1 Å². The Bertz CT molecular complexity index is 951. The van der Waals surface area contributed by atoms with E-state index in [2.05, 4.69) is 9.97 Å². The van der Waals surface area contributed by atoms with Gasteiger partial charge in [0.15, 0.2) is 5.82 Å². The second-order valence-electron chi connectivity index (χ2n) is 6.04. The molecular weight excluding hydrogens is 394 g/mol. The van der Waals surface area contributed by atoms with Gasteiger partial charge in [0.05, 0.1) is 46.7 Å². The number of hydrogen-bond donors (Lipinski definition) is 0. The highest BCUT2D eigenvalue weighted by Crippen LogP contribution is 2.29. The van der Waals surface area contributed by atoms with Gasteiger partial charge in [-0.2, -0.15) is 9.97 Å². The number of aromatic nitrogens is 2. The Morgan fingerprint density at radius 2 is 1.53 bits per heavy atom. The van der Waals surface area contributed by atoms with Crippen LogP contribution in [0.15, 0.2) is 41.6 Å². The Morgan fingerprint density at radius 1 is 0.933 bits per heavy atom. The molecule has 0 saturated heterocycles. The molecule has 0 radical (unpaired) electrons. The molecule has 2 heterocycles. The average molecular weight is 415 g/mol. The summed E-state index contributed by atoms with van der Waals surface area (Å²) in [5.74, 6) is -0.183. The van der Waals surface area contributed by atoms with E-state index in [9.17, 15) is 9.59 Å². The van der Waals surface area contributed by atoms with Gasteiger partial charge >= 0.3 is 11.9 Å². The minimum absolute atomic E-state index is 0.0524. The van der Waals surface area contributed by atoms with E-state index in [1.54, 1.807) is 35.2 Å². The molecule has 0 atom stereocenters. The lowest BCUT2D eigenvalue weighted by atomic mass is 10.1. The van der Waals surface area contributed by atoms with Crippen LogP contribution < -0.4 is 14.4 Å². The molecule has 10 nitrogen and oxygen atoms in total. The molecule has 158 valence electrons. The lowest BCUT2D eigenvalue weighted by Gasteiger charge is -2.31. The number of rotatable bonds is 6. The van der Waals surface area contributed by atoms with Gasteiger partial charge in [0, 0.05) is 11.3 Å². The van der Waals surface area contributed by atoms with Crippen molar-refractivity contribution >= 4 is 17.6 Å². The molecule has 1 aliphatic rings. The largest absolute Gasteiger partial charge is 0.481 e. The summed E-state index contributed by atoms with van der Waals surface area (Å²) in [7, 11) is 5.49. The predicted octanol–water partition coefficient (Wildman–Crippen LogP) is 1.55. The number of esters is 2. The van der Waals surface area contributed by atoms with Gasteiger partial charge in [0.1, 0.15) is 12.4 Å². The molecule has 10 heteroatoms. The number of anilines is 1. The van der Waals surface area contributed by atoms with Gasteiger partial charge in [-0.15, -0.1) is 0 Å². The molecule has 0 aliphatic carbocycles. The smallest absolute Gasteiger partial charge is 0.355 e. The van der Waals surface area contributed by atoms with Crippen LogP contribution in [-0.4, -0.2) is 63.7 Å². The number of ether oxygens (including phenoxy) is 5. The quantitative estimate of drug-likeness (QED) is 0.645. The molecular formula is C20H21N3O7. The van der Waals surface area contributed by atoms with Crippen molar-refractivity contribution in [2.45, 2.75) is 0 Å². The average Bonchev–Trinajstić information content (AvgIpc) is 2.82. The van der Waals surface area contributed by atoms with Crippen molar-refractivity contribution < 1.29 is 33.3 Å². The molecule has 0 amide bonds. The maximum atomic E-state index is 12.4. The van der Waals surface area contributed by atoms with Crippen LogP contribution in [0, 0.1) is 0 Å². The molecule has 0 saturated carbocycles. The maximum Gasteiger partial charge on any atom is 0.355 e. The van der Waals surface area contributed by atoms with E-state index < -0.39 is 11.9 Å². The topological polar surface area (TPSA) is 109 Å². The first-order valence-electron chi connectivity index (χ1n) is 8.85. The minimum Gasteiger partial charge on any atom is -0.481 e. The predicted molar refractivity (Wildman–Crippen MR) is 105 cm³/mol. The summed E-state index contributed by atoms with van der Waals surface area (Å²) >= 11 is 0. The van der Waals surface area contributed by atoms with Gasteiger partial charge in [-0.25, -0.2) is 9.59 Å². The fraction of sp³-hybridized carbons (Fsp3) is 0.300. The Morgan fingerprint density at radius 3 is 2.07 bits per heavy atom. The van der Waals surface area contributed by atoms with Gasteiger partial charge in [-0.05, 0) is 24.3 Å². The van der Waals surface area contributed by atoms with Crippen molar-refractivity contribution in [3.05, 3.63) is 41.6 Å². The number of hydrogen-bond acceptors (Lipinski definition) is 10. The SMILES string of the molecule is COC(=O)C1=C(C(=O)OC)N(c2ccc(-c3nc(OC)cc(OC)n3)cc2)COC1. The summed E-state index contributed by atoms with van der Waals surface area (Å²) < 4.78 is 25.5. The second kappa shape index (κ2) is 9.23. The van der Waals surface area contributed by atoms with E-state index in [4.69, 9.17) is 23.7 Å². The van der Waals surface area contributed by atoms with Gasteiger partial charge in [-0.1, -0.05) is 0 Å². The Kier molecular flexibility index (Phi) is 6.48. The molecule has 3 rings (SSSR count). The lowest BCUT2D eigenvalue weighted by Crippen LogP contribution is -2.38. The van der Waals surface area contributed by atoms with Crippen LogP contribution in [0.25, 0.3) is 11.4 Å². The zero-order valence-corrected chi connectivity index (χ0v) is 17.0.